The Morgan fingerprint density at radius 1 is 0.969 bits per heavy atom. The maximum absolute atomic E-state index is 13.5. The zero-order chi connectivity index (χ0) is 22.3. The summed E-state index contributed by atoms with van der Waals surface area (Å²) in [7, 11) is 0. The Bertz CT molecular complexity index is 850. The van der Waals surface area contributed by atoms with Gasteiger partial charge >= 0.3 is 0 Å². The van der Waals surface area contributed by atoms with Gasteiger partial charge in [0.25, 0.3) is 0 Å². The van der Waals surface area contributed by atoms with E-state index in [0.717, 1.165) is 50.5 Å². The fourth-order valence-corrected chi connectivity index (χ4v) is 8.91. The Morgan fingerprint density at radius 3 is 2.62 bits per heavy atom. The molecule has 2 N–H and O–H groups in total. The minimum Gasteiger partial charge on any atom is -0.396 e. The third kappa shape index (κ3) is 3.60. The molecule has 0 aliphatic heterocycles. The third-order valence-corrected chi connectivity index (χ3v) is 10.5. The van der Waals surface area contributed by atoms with Gasteiger partial charge in [0.05, 0.1) is 6.10 Å². The number of aliphatic hydroxyl groups excluding tert-OH is 2. The topological polar surface area (TPSA) is 57.5 Å². The Hall–Kier alpha value is -1.45. The highest BCUT2D eigenvalue weighted by Crippen LogP contribution is 2.67. The standard InChI is InChI=1S/C29H40O3/c1-28-15-14-25-23(10-9-21-18-22(31)13-16-29(21,25)19-30)24(28)11-12-26(28)27(32)17-20-7-5-3-2-4-6-8-20/h2-8,21-26,30-31H,9-19H2,1H3/t21-,22+,23-,24-,25?,26+,28-,29+/m0/s1. The van der Waals surface area contributed by atoms with E-state index in [2.05, 4.69) is 19.1 Å². The van der Waals surface area contributed by atoms with Gasteiger partial charge in [-0.25, -0.2) is 0 Å². The van der Waals surface area contributed by atoms with E-state index in [9.17, 15) is 15.0 Å². The van der Waals surface area contributed by atoms with Crippen molar-refractivity contribution in [3.05, 3.63) is 48.1 Å². The maximum Gasteiger partial charge on any atom is 0.140 e. The van der Waals surface area contributed by atoms with Gasteiger partial charge in [-0.2, -0.15) is 0 Å². The van der Waals surface area contributed by atoms with Crippen LogP contribution in [0.3, 0.4) is 0 Å². The Balaban J connectivity index is 1.34. The summed E-state index contributed by atoms with van der Waals surface area (Å²) in [6.45, 7) is 2.69. The van der Waals surface area contributed by atoms with E-state index in [4.69, 9.17) is 0 Å². The van der Waals surface area contributed by atoms with E-state index in [1.54, 1.807) is 0 Å². The molecule has 0 aromatic heterocycles. The van der Waals surface area contributed by atoms with Crippen molar-refractivity contribution < 1.29 is 15.0 Å². The molecule has 3 heteroatoms. The van der Waals surface area contributed by atoms with Crippen LogP contribution in [-0.2, 0) is 4.79 Å². The van der Waals surface area contributed by atoms with Crippen LogP contribution in [0.1, 0.15) is 71.1 Å². The lowest BCUT2D eigenvalue weighted by atomic mass is 9.44. The van der Waals surface area contributed by atoms with Gasteiger partial charge in [0, 0.05) is 18.9 Å². The molecular formula is C29H40O3. The SMILES string of the molecule is C[C@]12CCC3[C@@H](CC[C@H]4C[C@H](O)CC[C@]34CO)[C@@H]1CC[C@@H]2C(=O)CC1=CC=CC=CC=C1. The van der Waals surface area contributed by atoms with Crippen molar-refractivity contribution in [1.29, 1.82) is 0 Å². The van der Waals surface area contributed by atoms with Crippen molar-refractivity contribution in [2.75, 3.05) is 6.61 Å². The molecule has 4 saturated carbocycles. The van der Waals surface area contributed by atoms with Crippen LogP contribution in [0.4, 0.5) is 0 Å². The molecule has 5 aliphatic carbocycles. The van der Waals surface area contributed by atoms with Crippen LogP contribution in [0.5, 0.6) is 0 Å². The zero-order valence-corrected chi connectivity index (χ0v) is 19.6. The van der Waals surface area contributed by atoms with E-state index in [0.29, 0.717) is 35.9 Å². The molecule has 0 saturated heterocycles. The van der Waals surface area contributed by atoms with Gasteiger partial charge in [0.1, 0.15) is 5.78 Å². The van der Waals surface area contributed by atoms with Crippen molar-refractivity contribution >= 4 is 5.78 Å². The van der Waals surface area contributed by atoms with Gasteiger partial charge in [-0.1, -0.05) is 49.5 Å². The van der Waals surface area contributed by atoms with Crippen molar-refractivity contribution in [1.82, 2.24) is 0 Å². The Kier molecular flexibility index (Phi) is 6.09. The van der Waals surface area contributed by atoms with Gasteiger partial charge < -0.3 is 10.2 Å². The highest BCUT2D eigenvalue weighted by Gasteiger charge is 2.62. The van der Waals surface area contributed by atoms with Crippen LogP contribution in [0.15, 0.2) is 48.1 Å². The molecule has 1 unspecified atom stereocenters. The first-order chi connectivity index (χ1) is 15.5. The molecule has 4 fully saturated rings. The molecule has 0 aromatic carbocycles. The monoisotopic (exact) mass is 436 g/mol. The molecule has 3 nitrogen and oxygen atoms in total. The highest BCUT2D eigenvalue weighted by molar-refractivity contribution is 5.85. The minimum absolute atomic E-state index is 0.0138. The lowest BCUT2D eigenvalue weighted by Gasteiger charge is -2.61. The molecule has 0 heterocycles. The summed E-state index contributed by atoms with van der Waals surface area (Å²) in [5.74, 6) is 2.88. The van der Waals surface area contributed by atoms with Crippen molar-refractivity contribution in [2.45, 2.75) is 77.2 Å². The minimum atomic E-state index is -0.180. The fourth-order valence-electron chi connectivity index (χ4n) is 8.91. The Labute approximate surface area is 193 Å². The van der Waals surface area contributed by atoms with E-state index < -0.39 is 0 Å². The molecular weight excluding hydrogens is 396 g/mol. The summed E-state index contributed by atoms with van der Waals surface area (Å²) in [6.07, 6.45) is 24.1. The molecule has 0 bridgehead atoms. The van der Waals surface area contributed by atoms with Gasteiger partial charge in [0.2, 0.25) is 0 Å². The predicted molar refractivity (Wildman–Crippen MR) is 128 cm³/mol. The predicted octanol–water partition coefficient (Wildman–Crippen LogP) is 5.55. The second kappa shape index (κ2) is 8.72. The lowest BCUT2D eigenvalue weighted by molar-refractivity contribution is -0.156. The lowest BCUT2D eigenvalue weighted by Crippen LogP contribution is -2.56. The first kappa shape index (κ1) is 22.3. The van der Waals surface area contributed by atoms with Crippen molar-refractivity contribution in [3.8, 4) is 0 Å². The number of carbonyl (C=O) groups excluding carboxylic acids is 1. The summed E-state index contributed by atoms with van der Waals surface area (Å²) in [6, 6.07) is 0. The van der Waals surface area contributed by atoms with Gasteiger partial charge in [-0.15, -0.1) is 0 Å². The van der Waals surface area contributed by atoms with Gasteiger partial charge in [0.15, 0.2) is 0 Å². The largest absolute Gasteiger partial charge is 0.396 e. The number of ketones is 1. The van der Waals surface area contributed by atoms with Crippen LogP contribution in [0.25, 0.3) is 0 Å². The van der Waals surface area contributed by atoms with E-state index in [-0.39, 0.29) is 29.5 Å². The summed E-state index contributed by atoms with van der Waals surface area (Å²) < 4.78 is 0. The van der Waals surface area contributed by atoms with Crippen LogP contribution in [0, 0.1) is 40.4 Å². The Morgan fingerprint density at radius 2 is 1.78 bits per heavy atom. The molecule has 5 rings (SSSR count). The number of hydrogen-bond acceptors (Lipinski definition) is 3. The smallest absolute Gasteiger partial charge is 0.140 e. The van der Waals surface area contributed by atoms with E-state index in [1.807, 2.05) is 30.4 Å². The van der Waals surface area contributed by atoms with Gasteiger partial charge in [-0.3, -0.25) is 4.79 Å². The molecule has 5 aliphatic rings. The maximum atomic E-state index is 13.5. The summed E-state index contributed by atoms with van der Waals surface area (Å²) in [5.41, 5.74) is 1.23. The number of allylic oxidation sites excluding steroid dienone is 8. The normalized spacial score (nSPS) is 45.3. The van der Waals surface area contributed by atoms with Crippen LogP contribution in [0.2, 0.25) is 0 Å². The molecule has 8 atom stereocenters. The van der Waals surface area contributed by atoms with Crippen LogP contribution < -0.4 is 0 Å². The molecule has 0 aromatic rings. The van der Waals surface area contributed by atoms with Crippen molar-refractivity contribution in [3.63, 3.8) is 0 Å². The number of Topliss-reactive ketones (excluding diaryl/α,β-unsaturated/α-hetero) is 1. The number of rotatable bonds is 4. The first-order valence-electron chi connectivity index (χ1n) is 13.0. The highest BCUT2D eigenvalue weighted by atomic mass is 16.3. The molecule has 174 valence electrons. The summed E-state index contributed by atoms with van der Waals surface area (Å²) >= 11 is 0. The average molecular weight is 437 g/mol. The van der Waals surface area contributed by atoms with E-state index >= 15 is 0 Å². The molecule has 0 amide bonds. The summed E-state index contributed by atoms with van der Waals surface area (Å²) in [5, 5.41) is 20.9. The zero-order valence-electron chi connectivity index (χ0n) is 19.6. The second-order valence-corrected chi connectivity index (χ2v) is 11.7. The molecule has 0 spiro atoms. The summed E-state index contributed by atoms with van der Waals surface area (Å²) in [4.78, 5) is 13.5. The van der Waals surface area contributed by atoms with Crippen LogP contribution >= 0.6 is 0 Å². The molecule has 32 heavy (non-hydrogen) atoms. The fraction of sp³-hybridized carbons (Fsp3) is 0.690. The van der Waals surface area contributed by atoms with E-state index in [1.165, 1.54) is 12.8 Å². The van der Waals surface area contributed by atoms with Crippen molar-refractivity contribution in [2.24, 2.45) is 40.4 Å². The number of aliphatic hydroxyl groups is 2. The molecule has 0 radical (unpaired) electrons. The van der Waals surface area contributed by atoms with Gasteiger partial charge in [-0.05, 0) is 97.9 Å². The second-order valence-electron chi connectivity index (χ2n) is 11.7. The first-order valence-corrected chi connectivity index (χ1v) is 13.0. The quantitative estimate of drug-likeness (QED) is 0.608. The average Bonchev–Trinajstić information content (AvgIpc) is 3.12. The number of fused-ring (bicyclic) bond motifs is 5. The third-order valence-electron chi connectivity index (χ3n) is 10.5. The number of carbonyl (C=O) groups is 1. The van der Waals surface area contributed by atoms with Crippen LogP contribution in [-0.4, -0.2) is 28.7 Å². The number of hydrogen-bond donors (Lipinski definition) is 2.